The van der Waals surface area contributed by atoms with Crippen molar-refractivity contribution in [2.75, 3.05) is 5.32 Å². The van der Waals surface area contributed by atoms with Crippen molar-refractivity contribution < 1.29 is 10.0 Å². The lowest BCUT2D eigenvalue weighted by molar-refractivity contribution is -0.385. The van der Waals surface area contributed by atoms with Gasteiger partial charge in [0.2, 0.25) is 0 Å². The number of allylic oxidation sites excluding steroid dienone is 2. The maximum atomic E-state index is 11.6. The number of hydrogen-bond donors (Lipinski definition) is 2. The monoisotopic (exact) mass is 376 g/mol. The molecule has 2 aromatic carbocycles. The average molecular weight is 377 g/mol. The molecule has 4 rings (SSSR count). The molecule has 0 saturated heterocycles. The van der Waals surface area contributed by atoms with E-state index >= 15 is 0 Å². The number of phenolic OH excluding ortho intramolecular Hbond substituents is 1. The second-order valence-corrected chi connectivity index (χ2v) is 7.14. The summed E-state index contributed by atoms with van der Waals surface area (Å²) in [5.41, 5.74) is 1.71. The zero-order chi connectivity index (χ0) is 17.7. The van der Waals surface area contributed by atoms with Crippen molar-refractivity contribution in [1.29, 1.82) is 0 Å². The molecule has 0 bridgehead atoms. The highest BCUT2D eigenvalue weighted by molar-refractivity contribution is 6.33. The molecule has 2 N–H and O–H groups in total. The Kier molecular flexibility index (Phi) is 3.85. The van der Waals surface area contributed by atoms with Crippen LogP contribution >= 0.6 is 23.2 Å². The van der Waals surface area contributed by atoms with Gasteiger partial charge >= 0.3 is 0 Å². The van der Waals surface area contributed by atoms with Crippen LogP contribution in [0.25, 0.3) is 0 Å². The van der Waals surface area contributed by atoms with E-state index in [0.29, 0.717) is 16.3 Å². The van der Waals surface area contributed by atoms with Gasteiger partial charge in [-0.15, -0.1) is 0 Å². The number of rotatable bonds is 2. The summed E-state index contributed by atoms with van der Waals surface area (Å²) in [6, 6.07) is 8.63. The van der Waals surface area contributed by atoms with Gasteiger partial charge < -0.3 is 10.4 Å². The third-order valence-corrected chi connectivity index (χ3v) is 5.50. The lowest BCUT2D eigenvalue weighted by Crippen LogP contribution is -2.29. The molecule has 1 heterocycles. The number of nitro benzene ring substituents is 1. The molecule has 0 aromatic heterocycles. The first-order chi connectivity index (χ1) is 12.0. The minimum Gasteiger partial charge on any atom is -0.506 e. The number of nitrogens with one attached hydrogen (secondary N) is 1. The van der Waals surface area contributed by atoms with E-state index in [0.717, 1.165) is 12.0 Å². The summed E-state index contributed by atoms with van der Waals surface area (Å²) in [6.07, 6.45) is 4.78. The van der Waals surface area contributed by atoms with E-state index < -0.39 is 4.92 Å². The van der Waals surface area contributed by atoms with Crippen LogP contribution in [-0.2, 0) is 0 Å². The van der Waals surface area contributed by atoms with Gasteiger partial charge in [0, 0.05) is 17.0 Å². The second-order valence-electron chi connectivity index (χ2n) is 6.30. The number of phenols is 1. The van der Waals surface area contributed by atoms with E-state index in [-0.39, 0.29) is 34.3 Å². The average Bonchev–Trinajstić information content (AvgIpc) is 3.04. The van der Waals surface area contributed by atoms with Crippen molar-refractivity contribution in [3.8, 4) is 5.75 Å². The van der Waals surface area contributed by atoms with Crippen molar-refractivity contribution in [2.24, 2.45) is 5.92 Å². The fourth-order valence-electron chi connectivity index (χ4n) is 3.90. The number of benzene rings is 2. The fourth-order valence-corrected chi connectivity index (χ4v) is 4.30. The van der Waals surface area contributed by atoms with Crippen LogP contribution in [0.5, 0.6) is 5.75 Å². The molecule has 5 nitrogen and oxygen atoms in total. The van der Waals surface area contributed by atoms with Crippen LogP contribution < -0.4 is 5.32 Å². The van der Waals surface area contributed by atoms with Crippen LogP contribution in [0.4, 0.5) is 11.4 Å². The molecular formula is C18H14Cl2N2O3. The predicted octanol–water partition coefficient (Wildman–Crippen LogP) is 5.43. The highest BCUT2D eigenvalue weighted by Crippen LogP contribution is 2.56. The molecule has 2 aromatic rings. The molecule has 1 aliphatic carbocycles. The Balaban J connectivity index is 1.89. The Morgan fingerprint density at radius 2 is 1.96 bits per heavy atom. The van der Waals surface area contributed by atoms with Crippen molar-refractivity contribution >= 4 is 34.6 Å². The topological polar surface area (TPSA) is 75.4 Å². The fraction of sp³-hybridized carbons (Fsp3) is 0.222. The van der Waals surface area contributed by atoms with Gasteiger partial charge in [0.25, 0.3) is 5.69 Å². The molecule has 0 radical (unpaired) electrons. The third-order valence-electron chi connectivity index (χ3n) is 4.96. The first-order valence-electron chi connectivity index (χ1n) is 7.85. The first kappa shape index (κ1) is 16.2. The summed E-state index contributed by atoms with van der Waals surface area (Å²) in [5.74, 6) is -0.157. The standard InChI is InChI=1S/C18H14Cl2N2O3/c19-10-6-4-9(5-7-10)16-12-3-1-2-11(12)15-17(21-16)14(23)8-13(20)18(15)22(24)25/h1-2,4-8,11-12,16,21,23H,3H2/t11-,12-,16+/m1/s1. The van der Waals surface area contributed by atoms with Crippen molar-refractivity contribution in [3.05, 3.63) is 73.8 Å². The number of nitrogens with zero attached hydrogens (tertiary/aromatic N) is 1. The number of aromatic hydroxyl groups is 1. The number of halogens is 2. The van der Waals surface area contributed by atoms with Crippen LogP contribution in [0, 0.1) is 16.0 Å². The van der Waals surface area contributed by atoms with Gasteiger partial charge in [-0.2, -0.15) is 0 Å². The molecule has 0 unspecified atom stereocenters. The zero-order valence-corrected chi connectivity index (χ0v) is 14.5. The molecular weight excluding hydrogens is 363 g/mol. The van der Waals surface area contributed by atoms with Crippen LogP contribution in [0.2, 0.25) is 10.0 Å². The molecule has 0 saturated carbocycles. The van der Waals surface area contributed by atoms with Crippen LogP contribution in [0.15, 0.2) is 42.5 Å². The highest BCUT2D eigenvalue weighted by atomic mass is 35.5. The Hall–Kier alpha value is -2.24. The molecule has 0 spiro atoms. The summed E-state index contributed by atoms with van der Waals surface area (Å²) in [6.45, 7) is 0. The SMILES string of the molecule is O=[N+]([O-])c1c(Cl)cc(O)c2c1[C@@H]1C=CC[C@H]1[C@H](c1ccc(Cl)cc1)N2. The Morgan fingerprint density at radius 1 is 1.24 bits per heavy atom. The Morgan fingerprint density at radius 3 is 2.64 bits per heavy atom. The summed E-state index contributed by atoms with van der Waals surface area (Å²) < 4.78 is 0. The minimum absolute atomic E-state index is 0.0490. The normalized spacial score (nSPS) is 23.7. The van der Waals surface area contributed by atoms with E-state index in [4.69, 9.17) is 23.2 Å². The van der Waals surface area contributed by atoms with Gasteiger partial charge in [0.15, 0.2) is 0 Å². The first-order valence-corrected chi connectivity index (χ1v) is 8.61. The smallest absolute Gasteiger partial charge is 0.293 e. The van der Waals surface area contributed by atoms with Crippen LogP contribution in [0.1, 0.15) is 29.5 Å². The lowest BCUT2D eigenvalue weighted by Gasteiger charge is -2.37. The number of hydrogen-bond acceptors (Lipinski definition) is 4. The molecule has 7 heteroatoms. The van der Waals surface area contributed by atoms with E-state index in [9.17, 15) is 15.2 Å². The van der Waals surface area contributed by atoms with Crippen LogP contribution in [0.3, 0.4) is 0 Å². The van der Waals surface area contributed by atoms with Gasteiger partial charge in [-0.05, 0) is 30.0 Å². The van der Waals surface area contributed by atoms with Crippen molar-refractivity contribution in [3.63, 3.8) is 0 Å². The second kappa shape index (κ2) is 5.93. The maximum Gasteiger partial charge on any atom is 0.293 e. The molecule has 2 aliphatic rings. The summed E-state index contributed by atoms with van der Waals surface area (Å²) in [4.78, 5) is 11.1. The van der Waals surface area contributed by atoms with E-state index in [1.54, 1.807) is 0 Å². The lowest BCUT2D eigenvalue weighted by atomic mass is 9.76. The molecule has 1 aliphatic heterocycles. The van der Waals surface area contributed by atoms with Gasteiger partial charge in [-0.25, -0.2) is 0 Å². The number of nitro groups is 1. The molecule has 3 atom stereocenters. The predicted molar refractivity (Wildman–Crippen MR) is 97.6 cm³/mol. The van der Waals surface area contributed by atoms with E-state index in [1.807, 2.05) is 36.4 Å². The summed E-state index contributed by atoms with van der Waals surface area (Å²) in [7, 11) is 0. The van der Waals surface area contributed by atoms with E-state index in [1.165, 1.54) is 6.07 Å². The maximum absolute atomic E-state index is 11.6. The molecule has 0 fully saturated rings. The van der Waals surface area contributed by atoms with Crippen molar-refractivity contribution in [1.82, 2.24) is 0 Å². The largest absolute Gasteiger partial charge is 0.506 e. The zero-order valence-electron chi connectivity index (χ0n) is 12.9. The quantitative estimate of drug-likeness (QED) is 0.317. The molecule has 128 valence electrons. The Labute approximate surface area is 154 Å². The molecule has 25 heavy (non-hydrogen) atoms. The van der Waals surface area contributed by atoms with Gasteiger partial charge in [0.05, 0.1) is 22.2 Å². The van der Waals surface area contributed by atoms with Gasteiger partial charge in [0.1, 0.15) is 10.8 Å². The third kappa shape index (κ3) is 2.55. The Bertz CT molecular complexity index is 896. The number of fused-ring (bicyclic) bond motifs is 3. The van der Waals surface area contributed by atoms with E-state index in [2.05, 4.69) is 5.32 Å². The molecule has 0 amide bonds. The van der Waals surface area contributed by atoms with Crippen molar-refractivity contribution in [2.45, 2.75) is 18.4 Å². The number of anilines is 1. The summed E-state index contributed by atoms with van der Waals surface area (Å²) in [5, 5.41) is 25.8. The van der Waals surface area contributed by atoms with Crippen LogP contribution in [-0.4, -0.2) is 10.0 Å². The minimum atomic E-state index is -0.478. The highest BCUT2D eigenvalue weighted by Gasteiger charge is 2.43. The van der Waals surface area contributed by atoms with Gasteiger partial charge in [-0.3, -0.25) is 10.1 Å². The summed E-state index contributed by atoms with van der Waals surface area (Å²) >= 11 is 12.0. The van der Waals surface area contributed by atoms with Gasteiger partial charge in [-0.1, -0.05) is 47.5 Å².